The van der Waals surface area contributed by atoms with E-state index in [1.165, 1.54) is 18.3 Å². The summed E-state index contributed by atoms with van der Waals surface area (Å²) >= 11 is 0. The quantitative estimate of drug-likeness (QED) is 0.299. The van der Waals surface area contributed by atoms with E-state index < -0.39 is 23.7 Å². The van der Waals surface area contributed by atoms with Gasteiger partial charge in [0.2, 0.25) is 0 Å². The van der Waals surface area contributed by atoms with Crippen LogP contribution in [-0.4, -0.2) is 44.6 Å². The average Bonchev–Trinajstić information content (AvgIpc) is 2.89. The molecule has 0 spiro atoms. The van der Waals surface area contributed by atoms with E-state index >= 15 is 0 Å². The fourth-order valence-corrected chi connectivity index (χ4v) is 3.63. The Morgan fingerprint density at radius 2 is 1.72 bits per heavy atom. The molecule has 9 heteroatoms. The fourth-order valence-electron chi connectivity index (χ4n) is 3.63. The van der Waals surface area contributed by atoms with Gasteiger partial charge in [-0.25, -0.2) is 9.37 Å². The number of rotatable bonds is 8. The number of aliphatic hydroxyl groups excluding tert-OH is 1. The lowest BCUT2D eigenvalue weighted by Crippen LogP contribution is -2.32. The molecule has 1 unspecified atom stereocenters. The summed E-state index contributed by atoms with van der Waals surface area (Å²) in [5, 5.41) is 26.1. The number of halogens is 1. The maximum atomic E-state index is 13.3. The van der Waals surface area contributed by atoms with Crippen molar-refractivity contribution in [2.45, 2.75) is 25.9 Å². The highest BCUT2D eigenvalue weighted by Gasteiger charge is 2.24. The van der Waals surface area contributed by atoms with Gasteiger partial charge in [-0.3, -0.25) is 14.6 Å². The Morgan fingerprint density at radius 1 is 1.00 bits per heavy atom. The normalized spacial score (nSPS) is 11.8. The molecule has 4 aromatic rings. The number of anilines is 1. The summed E-state index contributed by atoms with van der Waals surface area (Å²) in [4.78, 5) is 34.5. The predicted octanol–water partition coefficient (Wildman–Crippen LogP) is 3.82. The number of carbonyl (C=O) groups excluding carboxylic acids is 2. The molecule has 0 fully saturated rings. The second-order valence-corrected chi connectivity index (χ2v) is 8.29. The number of amides is 2. The first-order valence-electron chi connectivity index (χ1n) is 11.4. The molecule has 184 valence electrons. The summed E-state index contributed by atoms with van der Waals surface area (Å²) in [7, 11) is 0. The van der Waals surface area contributed by atoms with E-state index in [2.05, 4.69) is 20.6 Å². The molecule has 0 saturated heterocycles. The van der Waals surface area contributed by atoms with Crippen LogP contribution < -0.4 is 10.6 Å². The molecule has 0 radical (unpaired) electrons. The summed E-state index contributed by atoms with van der Waals surface area (Å²) in [6.07, 6.45) is 1.60. The number of pyridine rings is 2. The van der Waals surface area contributed by atoms with Crippen LogP contribution >= 0.6 is 0 Å². The van der Waals surface area contributed by atoms with Crippen LogP contribution in [0.25, 0.3) is 10.9 Å². The maximum absolute atomic E-state index is 13.3. The van der Waals surface area contributed by atoms with Gasteiger partial charge in [0.25, 0.3) is 11.8 Å². The van der Waals surface area contributed by atoms with E-state index in [9.17, 15) is 24.2 Å². The standard InChI is InChI=1S/C27H25FN4O4/c1-2-20(33)15-30-26(35)24-25(34)22-21(23(32-24)27(36)31-19-6-4-3-5-7-19)13-17(14-29-22)12-16-8-10-18(28)11-9-16/h3-11,13-14,20,33-34H,2,12,15H2,1H3,(H,30,35)(H,31,36). The van der Waals surface area contributed by atoms with Crippen molar-refractivity contribution in [1.82, 2.24) is 15.3 Å². The van der Waals surface area contributed by atoms with Crippen LogP contribution in [0.2, 0.25) is 0 Å². The van der Waals surface area contributed by atoms with Gasteiger partial charge in [0.1, 0.15) is 17.0 Å². The van der Waals surface area contributed by atoms with Crippen molar-refractivity contribution < 1.29 is 24.2 Å². The Bertz CT molecular complexity index is 1390. The van der Waals surface area contributed by atoms with E-state index in [1.807, 2.05) is 6.07 Å². The molecule has 2 amide bonds. The zero-order chi connectivity index (χ0) is 25.7. The third kappa shape index (κ3) is 5.64. The highest BCUT2D eigenvalue weighted by Crippen LogP contribution is 2.30. The van der Waals surface area contributed by atoms with Gasteiger partial charge in [-0.1, -0.05) is 37.3 Å². The van der Waals surface area contributed by atoms with Crippen molar-refractivity contribution in [2.24, 2.45) is 0 Å². The summed E-state index contributed by atoms with van der Waals surface area (Å²) < 4.78 is 13.3. The van der Waals surface area contributed by atoms with Crippen LogP contribution in [-0.2, 0) is 6.42 Å². The Balaban J connectivity index is 1.76. The molecule has 2 heterocycles. The smallest absolute Gasteiger partial charge is 0.274 e. The number of hydrogen-bond acceptors (Lipinski definition) is 6. The molecular formula is C27H25FN4O4. The van der Waals surface area contributed by atoms with Crippen LogP contribution in [0.3, 0.4) is 0 Å². The number of aromatic nitrogens is 2. The van der Waals surface area contributed by atoms with Gasteiger partial charge >= 0.3 is 0 Å². The van der Waals surface area contributed by atoms with Crippen molar-refractivity contribution >= 4 is 28.4 Å². The SMILES string of the molecule is CCC(O)CNC(=O)c1nc(C(=O)Nc2ccccc2)c2cc(Cc3ccc(F)cc3)cnc2c1O. The first kappa shape index (κ1) is 24.7. The van der Waals surface area contributed by atoms with Crippen LogP contribution in [0.1, 0.15) is 45.4 Å². The van der Waals surface area contributed by atoms with E-state index in [-0.39, 0.29) is 34.7 Å². The topological polar surface area (TPSA) is 124 Å². The maximum Gasteiger partial charge on any atom is 0.274 e. The molecule has 1 atom stereocenters. The monoisotopic (exact) mass is 488 g/mol. The highest BCUT2D eigenvalue weighted by atomic mass is 19.1. The zero-order valence-electron chi connectivity index (χ0n) is 19.5. The fraction of sp³-hybridized carbons (Fsp3) is 0.185. The lowest BCUT2D eigenvalue weighted by Gasteiger charge is -2.14. The number of benzene rings is 2. The molecule has 4 N–H and O–H groups in total. The summed E-state index contributed by atoms with van der Waals surface area (Å²) in [6.45, 7) is 1.73. The van der Waals surface area contributed by atoms with Crippen LogP contribution in [0.5, 0.6) is 5.75 Å². The highest BCUT2D eigenvalue weighted by molar-refractivity contribution is 6.13. The predicted molar refractivity (Wildman–Crippen MR) is 133 cm³/mol. The van der Waals surface area contributed by atoms with Crippen LogP contribution in [0.15, 0.2) is 66.9 Å². The van der Waals surface area contributed by atoms with Crippen LogP contribution in [0.4, 0.5) is 10.1 Å². The molecular weight excluding hydrogens is 463 g/mol. The third-order valence-electron chi connectivity index (χ3n) is 5.62. The molecule has 0 aliphatic heterocycles. The lowest BCUT2D eigenvalue weighted by atomic mass is 10.0. The van der Waals surface area contributed by atoms with E-state index in [0.29, 0.717) is 24.1 Å². The lowest BCUT2D eigenvalue weighted by molar-refractivity contribution is 0.0906. The van der Waals surface area contributed by atoms with Crippen molar-refractivity contribution in [3.8, 4) is 5.75 Å². The average molecular weight is 489 g/mol. The number of aliphatic hydroxyl groups is 1. The third-order valence-corrected chi connectivity index (χ3v) is 5.62. The number of fused-ring (bicyclic) bond motifs is 1. The number of aromatic hydroxyl groups is 1. The van der Waals surface area contributed by atoms with Gasteiger partial charge in [0.15, 0.2) is 11.4 Å². The summed E-state index contributed by atoms with van der Waals surface area (Å²) in [5.41, 5.74) is 1.62. The number of nitrogens with zero attached hydrogens (tertiary/aromatic N) is 2. The first-order valence-corrected chi connectivity index (χ1v) is 11.4. The molecule has 8 nitrogen and oxygen atoms in total. The summed E-state index contributed by atoms with van der Waals surface area (Å²) in [5.74, 6) is -2.15. The van der Waals surface area contributed by atoms with Crippen LogP contribution in [0, 0.1) is 5.82 Å². The van der Waals surface area contributed by atoms with Gasteiger partial charge in [0, 0.05) is 23.8 Å². The molecule has 0 aliphatic carbocycles. The number of para-hydroxylation sites is 1. The minimum absolute atomic E-state index is 0.0345. The number of nitrogens with one attached hydrogen (secondary N) is 2. The first-order chi connectivity index (χ1) is 17.4. The van der Waals surface area contributed by atoms with Gasteiger partial charge in [-0.2, -0.15) is 0 Å². The van der Waals surface area contributed by atoms with Crippen molar-refractivity contribution in [2.75, 3.05) is 11.9 Å². The zero-order valence-corrected chi connectivity index (χ0v) is 19.5. The summed E-state index contributed by atoms with van der Waals surface area (Å²) in [6, 6.07) is 16.4. The van der Waals surface area contributed by atoms with Gasteiger partial charge in [0.05, 0.1) is 6.10 Å². The second-order valence-electron chi connectivity index (χ2n) is 8.29. The Morgan fingerprint density at radius 3 is 2.42 bits per heavy atom. The van der Waals surface area contributed by atoms with Crippen molar-refractivity contribution in [3.63, 3.8) is 0 Å². The minimum atomic E-state index is -0.760. The molecule has 36 heavy (non-hydrogen) atoms. The van der Waals surface area contributed by atoms with Gasteiger partial charge in [-0.15, -0.1) is 0 Å². The molecule has 4 rings (SSSR count). The molecule has 0 bridgehead atoms. The van der Waals surface area contributed by atoms with Gasteiger partial charge < -0.3 is 20.8 Å². The Labute approximate surface area is 206 Å². The van der Waals surface area contributed by atoms with Crippen molar-refractivity contribution in [3.05, 3.63) is 95.2 Å². The number of carbonyl (C=O) groups is 2. The van der Waals surface area contributed by atoms with Gasteiger partial charge in [-0.05, 0) is 54.3 Å². The molecule has 2 aromatic heterocycles. The minimum Gasteiger partial charge on any atom is -0.504 e. The number of hydrogen-bond donors (Lipinski definition) is 4. The second kappa shape index (κ2) is 10.9. The molecule has 2 aromatic carbocycles. The van der Waals surface area contributed by atoms with E-state index in [0.717, 1.165) is 5.56 Å². The van der Waals surface area contributed by atoms with E-state index in [4.69, 9.17) is 0 Å². The largest absolute Gasteiger partial charge is 0.504 e. The van der Waals surface area contributed by atoms with E-state index in [1.54, 1.807) is 49.4 Å². The Kier molecular flexibility index (Phi) is 7.50. The molecule has 0 saturated carbocycles. The molecule has 0 aliphatic rings. The Hall–Kier alpha value is -4.37. The van der Waals surface area contributed by atoms with Crippen molar-refractivity contribution in [1.29, 1.82) is 0 Å².